The van der Waals surface area contributed by atoms with Crippen LogP contribution in [-0.4, -0.2) is 11.8 Å². The van der Waals surface area contributed by atoms with E-state index in [0.29, 0.717) is 6.42 Å². The Bertz CT molecular complexity index is 662. The molecule has 2 aromatic rings. The van der Waals surface area contributed by atoms with Gasteiger partial charge in [0, 0.05) is 12.1 Å². The Morgan fingerprint density at radius 1 is 1.18 bits per heavy atom. The predicted octanol–water partition coefficient (Wildman–Crippen LogP) is 3.90. The van der Waals surface area contributed by atoms with Crippen LogP contribution in [-0.2, 0) is 4.79 Å². The van der Waals surface area contributed by atoms with E-state index in [-0.39, 0.29) is 17.9 Å². The first-order chi connectivity index (χ1) is 10.5. The van der Waals surface area contributed by atoms with Gasteiger partial charge in [0.15, 0.2) is 0 Å². The number of hydrogen-bond donors (Lipinski definition) is 2. The second kappa shape index (κ2) is 7.22. The molecule has 0 aliphatic heterocycles. The topological polar surface area (TPSA) is 58.2 Å². The van der Waals surface area contributed by atoms with Gasteiger partial charge >= 0.3 is 0 Å². The predicted molar refractivity (Wildman–Crippen MR) is 90.3 cm³/mol. The molecule has 0 spiro atoms. The first kappa shape index (κ1) is 16.2. The lowest BCUT2D eigenvalue weighted by Gasteiger charge is -2.15. The van der Waals surface area contributed by atoms with E-state index in [1.165, 1.54) is 11.3 Å². The maximum atomic E-state index is 12.2. The number of thiophene rings is 1. The maximum Gasteiger partial charge on any atom is 0.262 e. The zero-order valence-corrected chi connectivity index (χ0v) is 13.8. The van der Waals surface area contributed by atoms with Crippen LogP contribution in [0.3, 0.4) is 0 Å². The maximum absolute atomic E-state index is 12.2. The Morgan fingerprint density at radius 2 is 1.86 bits per heavy atom. The standard InChI is InChI=1S/C17H20N2O2S/c1-4-15(20)19-14-7-5-13(6-8-14)12(3)18-17(21)16-11(2)9-10-22-16/h5-10,12H,4H2,1-3H3,(H,18,21)(H,19,20)/t12-/m0/s1. The average molecular weight is 316 g/mol. The molecule has 5 heteroatoms. The third-order valence-corrected chi connectivity index (χ3v) is 4.45. The van der Waals surface area contributed by atoms with Gasteiger partial charge in [-0.2, -0.15) is 0 Å². The van der Waals surface area contributed by atoms with Gasteiger partial charge in [-0.3, -0.25) is 9.59 Å². The highest BCUT2D eigenvalue weighted by atomic mass is 32.1. The number of carbonyl (C=O) groups is 2. The van der Waals surface area contributed by atoms with E-state index in [1.807, 2.05) is 56.5 Å². The van der Waals surface area contributed by atoms with Crippen LogP contribution in [0.25, 0.3) is 0 Å². The Hall–Kier alpha value is -2.14. The van der Waals surface area contributed by atoms with Crippen LogP contribution in [0.15, 0.2) is 35.7 Å². The third kappa shape index (κ3) is 3.95. The van der Waals surface area contributed by atoms with E-state index in [2.05, 4.69) is 10.6 Å². The van der Waals surface area contributed by atoms with Gasteiger partial charge in [0.2, 0.25) is 5.91 Å². The summed E-state index contributed by atoms with van der Waals surface area (Å²) in [5.41, 5.74) is 2.76. The minimum atomic E-state index is -0.0927. The van der Waals surface area contributed by atoms with Crippen LogP contribution >= 0.6 is 11.3 Å². The summed E-state index contributed by atoms with van der Waals surface area (Å²) in [7, 11) is 0. The van der Waals surface area contributed by atoms with Crippen molar-refractivity contribution >= 4 is 28.8 Å². The van der Waals surface area contributed by atoms with E-state index in [1.54, 1.807) is 0 Å². The van der Waals surface area contributed by atoms with E-state index in [4.69, 9.17) is 0 Å². The fourth-order valence-electron chi connectivity index (χ4n) is 2.06. The highest BCUT2D eigenvalue weighted by Gasteiger charge is 2.14. The lowest BCUT2D eigenvalue weighted by atomic mass is 10.1. The van der Waals surface area contributed by atoms with Crippen molar-refractivity contribution < 1.29 is 9.59 Å². The molecule has 116 valence electrons. The quantitative estimate of drug-likeness (QED) is 0.879. The van der Waals surface area contributed by atoms with Gasteiger partial charge in [0.25, 0.3) is 5.91 Å². The fraction of sp³-hybridized carbons (Fsp3) is 0.294. The van der Waals surface area contributed by atoms with Gasteiger partial charge in [-0.05, 0) is 48.6 Å². The average Bonchev–Trinajstić information content (AvgIpc) is 2.94. The van der Waals surface area contributed by atoms with Crippen molar-refractivity contribution in [3.8, 4) is 0 Å². The molecule has 0 aliphatic rings. The molecule has 2 rings (SSSR count). The van der Waals surface area contributed by atoms with Crippen LogP contribution < -0.4 is 10.6 Å². The summed E-state index contributed by atoms with van der Waals surface area (Å²) in [5.74, 6) is -0.0642. The molecule has 1 heterocycles. The molecular weight excluding hydrogens is 296 g/mol. The van der Waals surface area contributed by atoms with Crippen molar-refractivity contribution in [2.45, 2.75) is 33.2 Å². The Morgan fingerprint density at radius 3 is 2.41 bits per heavy atom. The molecule has 0 fully saturated rings. The Balaban J connectivity index is 2.01. The van der Waals surface area contributed by atoms with E-state index < -0.39 is 0 Å². The SMILES string of the molecule is CCC(=O)Nc1ccc([C@H](C)NC(=O)c2sccc2C)cc1. The summed E-state index contributed by atoms with van der Waals surface area (Å²) in [5, 5.41) is 7.72. The van der Waals surface area contributed by atoms with Crippen molar-refractivity contribution in [2.75, 3.05) is 5.32 Å². The summed E-state index contributed by atoms with van der Waals surface area (Å²) < 4.78 is 0. The molecule has 4 nitrogen and oxygen atoms in total. The molecule has 0 radical (unpaired) electrons. The molecule has 0 saturated carbocycles. The molecule has 1 aromatic heterocycles. The van der Waals surface area contributed by atoms with Gasteiger partial charge in [-0.15, -0.1) is 11.3 Å². The highest BCUT2D eigenvalue weighted by Crippen LogP contribution is 2.19. The van der Waals surface area contributed by atoms with Crippen molar-refractivity contribution in [1.82, 2.24) is 5.32 Å². The Kier molecular flexibility index (Phi) is 5.33. The first-order valence-electron chi connectivity index (χ1n) is 7.26. The van der Waals surface area contributed by atoms with Gasteiger partial charge in [-0.1, -0.05) is 19.1 Å². The van der Waals surface area contributed by atoms with Gasteiger partial charge in [-0.25, -0.2) is 0 Å². The molecule has 2 N–H and O–H groups in total. The first-order valence-corrected chi connectivity index (χ1v) is 8.14. The summed E-state index contributed by atoms with van der Waals surface area (Å²) in [4.78, 5) is 24.3. The van der Waals surface area contributed by atoms with Crippen LogP contribution in [0, 0.1) is 6.92 Å². The molecule has 0 bridgehead atoms. The van der Waals surface area contributed by atoms with Crippen molar-refractivity contribution in [3.05, 3.63) is 51.7 Å². The molecule has 0 aliphatic carbocycles. The van der Waals surface area contributed by atoms with Crippen LogP contribution in [0.4, 0.5) is 5.69 Å². The number of nitrogens with one attached hydrogen (secondary N) is 2. The normalized spacial score (nSPS) is 11.8. The highest BCUT2D eigenvalue weighted by molar-refractivity contribution is 7.12. The lowest BCUT2D eigenvalue weighted by molar-refractivity contribution is -0.115. The van der Waals surface area contributed by atoms with E-state index in [9.17, 15) is 9.59 Å². The number of anilines is 1. The van der Waals surface area contributed by atoms with E-state index in [0.717, 1.165) is 21.7 Å². The summed E-state index contributed by atoms with van der Waals surface area (Å²) in [6, 6.07) is 9.37. The largest absolute Gasteiger partial charge is 0.345 e. The third-order valence-electron chi connectivity index (χ3n) is 3.43. The van der Waals surface area contributed by atoms with Gasteiger partial charge in [0.05, 0.1) is 10.9 Å². The van der Waals surface area contributed by atoms with Crippen LogP contribution in [0.5, 0.6) is 0 Å². The number of rotatable bonds is 5. The molecular formula is C17H20N2O2S. The van der Waals surface area contributed by atoms with Gasteiger partial charge in [0.1, 0.15) is 0 Å². The molecule has 22 heavy (non-hydrogen) atoms. The summed E-state index contributed by atoms with van der Waals surface area (Å²) >= 11 is 1.45. The lowest BCUT2D eigenvalue weighted by Crippen LogP contribution is -2.26. The van der Waals surface area contributed by atoms with Gasteiger partial charge < -0.3 is 10.6 Å². The van der Waals surface area contributed by atoms with E-state index >= 15 is 0 Å². The summed E-state index contributed by atoms with van der Waals surface area (Å²) in [6.45, 7) is 5.69. The molecule has 0 saturated heterocycles. The number of aryl methyl sites for hydroxylation is 1. The smallest absolute Gasteiger partial charge is 0.262 e. The number of amides is 2. The second-order valence-electron chi connectivity index (χ2n) is 5.15. The number of hydrogen-bond acceptors (Lipinski definition) is 3. The number of carbonyl (C=O) groups excluding carboxylic acids is 2. The zero-order chi connectivity index (χ0) is 16.1. The molecule has 2 amide bonds. The minimum Gasteiger partial charge on any atom is -0.345 e. The summed E-state index contributed by atoms with van der Waals surface area (Å²) in [6.07, 6.45) is 0.453. The monoisotopic (exact) mass is 316 g/mol. The van der Waals surface area contributed by atoms with Crippen molar-refractivity contribution in [3.63, 3.8) is 0 Å². The zero-order valence-electron chi connectivity index (χ0n) is 13.0. The van der Waals surface area contributed by atoms with Crippen LogP contribution in [0.1, 0.15) is 47.1 Å². The van der Waals surface area contributed by atoms with Crippen LogP contribution in [0.2, 0.25) is 0 Å². The van der Waals surface area contributed by atoms with Crippen molar-refractivity contribution in [1.29, 1.82) is 0 Å². The molecule has 0 unspecified atom stereocenters. The Labute approximate surface area is 134 Å². The van der Waals surface area contributed by atoms with Crippen molar-refractivity contribution in [2.24, 2.45) is 0 Å². The fourth-order valence-corrected chi connectivity index (χ4v) is 2.88. The number of benzene rings is 1. The molecule has 1 atom stereocenters. The minimum absolute atomic E-state index is 0.0118. The molecule has 1 aromatic carbocycles. The second-order valence-corrected chi connectivity index (χ2v) is 6.07.